The fourth-order valence-corrected chi connectivity index (χ4v) is 3.42. The van der Waals surface area contributed by atoms with E-state index in [-0.39, 0.29) is 24.4 Å². The zero-order valence-electron chi connectivity index (χ0n) is 16.8. The van der Waals surface area contributed by atoms with Crippen molar-refractivity contribution in [2.75, 3.05) is 20.7 Å². The Morgan fingerprint density at radius 2 is 1.97 bits per heavy atom. The lowest BCUT2D eigenvalue weighted by Gasteiger charge is -2.24. The molecule has 0 fully saturated rings. The van der Waals surface area contributed by atoms with Gasteiger partial charge in [-0.15, -0.1) is 0 Å². The molecule has 0 saturated carbocycles. The summed E-state index contributed by atoms with van der Waals surface area (Å²) in [6.07, 6.45) is 0.911. The first-order valence-electron chi connectivity index (χ1n) is 9.46. The number of amides is 2. The highest BCUT2D eigenvalue weighted by Gasteiger charge is 2.33. The molecule has 0 bridgehead atoms. The Kier molecular flexibility index (Phi) is 6.54. The third kappa shape index (κ3) is 4.77. The van der Waals surface area contributed by atoms with Gasteiger partial charge in [-0.2, -0.15) is 5.10 Å². The van der Waals surface area contributed by atoms with Gasteiger partial charge >= 0.3 is 0 Å². The molecule has 0 aliphatic carbocycles. The fourth-order valence-electron chi connectivity index (χ4n) is 3.30. The summed E-state index contributed by atoms with van der Waals surface area (Å²) in [5, 5.41) is 6.74. The molecule has 152 valence electrons. The van der Waals surface area contributed by atoms with Crippen molar-refractivity contribution in [2.45, 2.75) is 25.8 Å². The van der Waals surface area contributed by atoms with Crippen molar-refractivity contribution in [1.29, 1.82) is 0 Å². The van der Waals surface area contributed by atoms with Gasteiger partial charge in [0.05, 0.1) is 18.9 Å². The number of carbonyl (C=O) groups excluding carboxylic acids is 2. The molecule has 2 aromatic carbocycles. The van der Waals surface area contributed by atoms with Crippen molar-refractivity contribution < 1.29 is 14.3 Å². The van der Waals surface area contributed by atoms with Crippen LogP contribution in [0, 0.1) is 0 Å². The third-order valence-electron chi connectivity index (χ3n) is 4.92. The normalized spacial score (nSPS) is 15.8. The molecule has 0 spiro atoms. The van der Waals surface area contributed by atoms with Crippen molar-refractivity contribution >= 4 is 29.1 Å². The predicted octanol–water partition coefficient (Wildman–Crippen LogP) is 3.89. The fraction of sp³-hybridized carbons (Fsp3) is 0.318. The molecule has 0 N–H and O–H groups in total. The maximum atomic E-state index is 13.0. The number of hydrogen-bond acceptors (Lipinski definition) is 4. The molecular formula is C22H24ClN3O3. The van der Waals surface area contributed by atoms with Gasteiger partial charge < -0.3 is 9.64 Å². The number of ether oxygens (including phenoxy) is 1. The molecule has 1 aliphatic rings. The number of methoxy groups -OCH3 is 1. The van der Waals surface area contributed by atoms with Crippen LogP contribution in [0.1, 0.15) is 36.9 Å². The van der Waals surface area contributed by atoms with Crippen LogP contribution in [-0.4, -0.2) is 48.1 Å². The smallest absolute Gasteiger partial charge is 0.262 e. The van der Waals surface area contributed by atoms with Gasteiger partial charge in [0.15, 0.2) is 0 Å². The molecule has 6 nitrogen and oxygen atoms in total. The lowest BCUT2D eigenvalue weighted by Crippen LogP contribution is -2.38. The second-order valence-corrected chi connectivity index (χ2v) is 7.33. The summed E-state index contributed by atoms with van der Waals surface area (Å²) in [5.41, 5.74) is 2.63. The second kappa shape index (κ2) is 9.09. The van der Waals surface area contributed by atoms with Crippen molar-refractivity contribution in [2.24, 2.45) is 5.10 Å². The third-order valence-corrected chi connectivity index (χ3v) is 5.18. The summed E-state index contributed by atoms with van der Waals surface area (Å²) in [5.74, 6) is 0.413. The first-order valence-corrected chi connectivity index (χ1v) is 9.84. The highest BCUT2D eigenvalue weighted by molar-refractivity contribution is 6.30. The molecular weight excluding hydrogens is 390 g/mol. The van der Waals surface area contributed by atoms with Crippen LogP contribution in [0.4, 0.5) is 0 Å². The summed E-state index contributed by atoms with van der Waals surface area (Å²) in [6, 6.07) is 14.8. The van der Waals surface area contributed by atoms with E-state index in [4.69, 9.17) is 16.3 Å². The van der Waals surface area contributed by atoms with Gasteiger partial charge in [0.25, 0.3) is 5.91 Å². The molecule has 0 saturated heterocycles. The van der Waals surface area contributed by atoms with Crippen LogP contribution < -0.4 is 4.74 Å². The number of benzene rings is 2. The minimum absolute atomic E-state index is 0.0222. The quantitative estimate of drug-likeness (QED) is 0.721. The first kappa shape index (κ1) is 20.9. The van der Waals surface area contributed by atoms with Gasteiger partial charge in [0.1, 0.15) is 12.3 Å². The Bertz CT molecular complexity index is 927. The zero-order chi connectivity index (χ0) is 21.0. The van der Waals surface area contributed by atoms with Crippen LogP contribution in [0.5, 0.6) is 5.75 Å². The Hall–Kier alpha value is -2.86. The highest BCUT2D eigenvalue weighted by Crippen LogP contribution is 2.34. The van der Waals surface area contributed by atoms with Crippen molar-refractivity contribution in [3.05, 3.63) is 64.7 Å². The van der Waals surface area contributed by atoms with Crippen LogP contribution in [0.15, 0.2) is 53.6 Å². The van der Waals surface area contributed by atoms with Crippen molar-refractivity contribution in [3.63, 3.8) is 0 Å². The molecule has 2 aromatic rings. The van der Waals surface area contributed by atoms with Gasteiger partial charge in [-0.3, -0.25) is 9.59 Å². The summed E-state index contributed by atoms with van der Waals surface area (Å²) >= 11 is 6.03. The van der Waals surface area contributed by atoms with E-state index in [0.29, 0.717) is 17.9 Å². The number of likely N-dealkylation sites (N-methyl/N-ethyl adjacent to an activating group) is 1. The molecule has 0 aromatic heterocycles. The van der Waals surface area contributed by atoms with Crippen LogP contribution in [-0.2, 0) is 9.59 Å². The van der Waals surface area contributed by atoms with Gasteiger partial charge in [-0.1, -0.05) is 42.8 Å². The highest BCUT2D eigenvalue weighted by atomic mass is 35.5. The van der Waals surface area contributed by atoms with E-state index in [2.05, 4.69) is 5.10 Å². The Labute approximate surface area is 175 Å². The van der Waals surface area contributed by atoms with Crippen LogP contribution in [0.2, 0.25) is 5.02 Å². The average Bonchev–Trinajstić information content (AvgIpc) is 3.19. The van der Waals surface area contributed by atoms with Gasteiger partial charge in [-0.25, -0.2) is 5.01 Å². The number of nitrogens with zero attached hydrogens (tertiary/aromatic N) is 3. The molecule has 2 amide bonds. The standard InChI is InChI=1S/C22H24ClN3O3/c1-4-21(27)25(2)14-22(28)26-20(15-8-10-17(23)11-9-15)13-19(24-26)16-6-5-7-18(12-16)29-3/h5-12,20H,4,13-14H2,1-3H3. The van der Waals surface area contributed by atoms with Crippen molar-refractivity contribution in [1.82, 2.24) is 9.91 Å². The minimum atomic E-state index is -0.258. The molecule has 1 aliphatic heterocycles. The Morgan fingerprint density at radius 3 is 2.62 bits per heavy atom. The number of hydrazone groups is 1. The average molecular weight is 414 g/mol. The van der Waals surface area contributed by atoms with Crippen molar-refractivity contribution in [3.8, 4) is 5.75 Å². The molecule has 1 atom stereocenters. The van der Waals surface area contributed by atoms with E-state index in [9.17, 15) is 9.59 Å². The van der Waals surface area contributed by atoms with Crippen LogP contribution in [0.25, 0.3) is 0 Å². The summed E-state index contributed by atoms with van der Waals surface area (Å²) < 4.78 is 5.31. The number of carbonyl (C=O) groups is 2. The molecule has 7 heteroatoms. The number of hydrogen-bond donors (Lipinski definition) is 0. The van der Waals surface area contributed by atoms with Gasteiger partial charge in [-0.05, 0) is 29.8 Å². The summed E-state index contributed by atoms with van der Waals surface area (Å²) in [4.78, 5) is 26.3. The summed E-state index contributed by atoms with van der Waals surface area (Å²) in [7, 11) is 3.24. The van der Waals surface area contributed by atoms with E-state index in [1.54, 1.807) is 33.2 Å². The van der Waals surface area contributed by atoms with E-state index >= 15 is 0 Å². The topological polar surface area (TPSA) is 62.2 Å². The Morgan fingerprint density at radius 1 is 1.24 bits per heavy atom. The van der Waals surface area contributed by atoms with Gasteiger partial charge in [0, 0.05) is 30.5 Å². The molecule has 1 heterocycles. The SMILES string of the molecule is CCC(=O)N(C)CC(=O)N1N=C(c2cccc(OC)c2)CC1c1ccc(Cl)cc1. The number of halogens is 1. The predicted molar refractivity (Wildman–Crippen MR) is 113 cm³/mol. The van der Waals surface area contributed by atoms with E-state index < -0.39 is 0 Å². The van der Waals surface area contributed by atoms with E-state index in [1.807, 2.05) is 36.4 Å². The monoisotopic (exact) mass is 413 g/mol. The van der Waals surface area contributed by atoms with Crippen LogP contribution >= 0.6 is 11.6 Å². The number of rotatable bonds is 6. The van der Waals surface area contributed by atoms with Gasteiger partial charge in [0.2, 0.25) is 5.91 Å². The second-order valence-electron chi connectivity index (χ2n) is 6.89. The van der Waals surface area contributed by atoms with E-state index in [1.165, 1.54) is 9.91 Å². The summed E-state index contributed by atoms with van der Waals surface area (Å²) in [6.45, 7) is 1.75. The Balaban J connectivity index is 1.91. The minimum Gasteiger partial charge on any atom is -0.497 e. The molecule has 3 rings (SSSR count). The maximum Gasteiger partial charge on any atom is 0.262 e. The lowest BCUT2D eigenvalue weighted by molar-refractivity contribution is -0.140. The largest absolute Gasteiger partial charge is 0.497 e. The maximum absolute atomic E-state index is 13.0. The molecule has 0 radical (unpaired) electrons. The molecule has 1 unspecified atom stereocenters. The first-order chi connectivity index (χ1) is 13.9. The van der Waals surface area contributed by atoms with Crippen LogP contribution in [0.3, 0.4) is 0 Å². The zero-order valence-corrected chi connectivity index (χ0v) is 17.5. The lowest BCUT2D eigenvalue weighted by atomic mass is 9.98. The van der Waals surface area contributed by atoms with E-state index in [0.717, 1.165) is 22.6 Å². The molecule has 29 heavy (non-hydrogen) atoms.